The minimum absolute atomic E-state index is 0.0823. The monoisotopic (exact) mass is 264 g/mol. The highest BCUT2D eigenvalue weighted by Crippen LogP contribution is 2.21. The van der Waals surface area contributed by atoms with E-state index in [1.54, 1.807) is 0 Å². The molecule has 1 heterocycles. The van der Waals surface area contributed by atoms with E-state index in [4.69, 9.17) is 16.7 Å². The molecule has 0 saturated heterocycles. The first-order chi connectivity index (χ1) is 8.58. The lowest BCUT2D eigenvalue weighted by atomic mass is 10.2. The van der Waals surface area contributed by atoms with Crippen LogP contribution in [-0.2, 0) is 11.2 Å². The van der Waals surface area contributed by atoms with Crippen molar-refractivity contribution in [2.24, 2.45) is 0 Å². The van der Waals surface area contributed by atoms with Gasteiger partial charge in [0.15, 0.2) is 0 Å². The zero-order chi connectivity index (χ0) is 13.1. The van der Waals surface area contributed by atoms with Gasteiger partial charge in [-0.05, 0) is 19.1 Å². The minimum atomic E-state index is -0.819. The molecule has 0 atom stereocenters. The number of benzene rings is 1. The van der Waals surface area contributed by atoms with Gasteiger partial charge >= 0.3 is 5.97 Å². The third-order valence-electron chi connectivity index (χ3n) is 2.64. The van der Waals surface area contributed by atoms with Crippen molar-refractivity contribution in [3.63, 3.8) is 0 Å². The number of nitrogens with zero attached hydrogens (tertiary/aromatic N) is 2. The Kier molecular flexibility index (Phi) is 3.67. The second-order valence-corrected chi connectivity index (χ2v) is 4.40. The summed E-state index contributed by atoms with van der Waals surface area (Å²) in [6, 6.07) is 7.48. The van der Waals surface area contributed by atoms with Crippen molar-refractivity contribution in [1.29, 1.82) is 0 Å². The van der Waals surface area contributed by atoms with Crippen LogP contribution < -0.4 is 0 Å². The van der Waals surface area contributed by atoms with Gasteiger partial charge in [0.05, 0.1) is 22.8 Å². The van der Waals surface area contributed by atoms with E-state index in [-0.39, 0.29) is 6.42 Å². The molecular weight excluding hydrogens is 252 g/mol. The van der Waals surface area contributed by atoms with Crippen LogP contribution in [0.3, 0.4) is 0 Å². The number of carboxylic acids is 1. The van der Waals surface area contributed by atoms with Gasteiger partial charge in [-0.3, -0.25) is 4.79 Å². The molecule has 0 unspecified atom stereocenters. The van der Waals surface area contributed by atoms with Crippen LogP contribution in [-0.4, -0.2) is 20.6 Å². The Balaban J connectivity index is 2.30. The quantitative estimate of drug-likeness (QED) is 0.924. The van der Waals surface area contributed by atoms with Crippen molar-refractivity contribution in [2.75, 3.05) is 0 Å². The molecule has 1 N–H and O–H groups in total. The second kappa shape index (κ2) is 5.23. The van der Waals surface area contributed by atoms with E-state index in [0.717, 1.165) is 17.2 Å². The summed E-state index contributed by atoms with van der Waals surface area (Å²) in [5, 5.41) is 9.30. The zero-order valence-electron chi connectivity index (χ0n) is 9.93. The summed E-state index contributed by atoms with van der Waals surface area (Å²) in [5.41, 5.74) is 1.61. The number of aromatic nitrogens is 2. The first kappa shape index (κ1) is 12.6. The maximum absolute atomic E-state index is 10.5. The third kappa shape index (κ3) is 2.71. The van der Waals surface area contributed by atoms with Crippen LogP contribution in [0.25, 0.3) is 5.69 Å². The van der Waals surface area contributed by atoms with E-state index < -0.39 is 5.97 Å². The lowest BCUT2D eigenvalue weighted by Gasteiger charge is -2.06. The number of carboxylic acid groups (broad SMARTS) is 1. The second-order valence-electron chi connectivity index (χ2n) is 3.99. The molecule has 1 aromatic carbocycles. The highest BCUT2D eigenvalue weighted by Gasteiger charge is 2.09. The van der Waals surface area contributed by atoms with Gasteiger partial charge < -0.3 is 9.67 Å². The van der Waals surface area contributed by atoms with Crippen LogP contribution in [0.2, 0.25) is 5.02 Å². The van der Waals surface area contributed by atoms with Crippen molar-refractivity contribution >= 4 is 17.6 Å². The van der Waals surface area contributed by atoms with Gasteiger partial charge in [-0.15, -0.1) is 0 Å². The fraction of sp³-hybridized carbons (Fsp3) is 0.231. The molecule has 0 aliphatic rings. The van der Waals surface area contributed by atoms with Crippen molar-refractivity contribution in [3.8, 4) is 5.69 Å². The molecule has 4 nitrogen and oxygen atoms in total. The molecule has 0 amide bonds. The Bertz CT molecular complexity index is 578. The summed E-state index contributed by atoms with van der Waals surface area (Å²) in [7, 11) is 0. The Labute approximate surface area is 110 Å². The summed E-state index contributed by atoms with van der Waals surface area (Å²) < 4.78 is 1.87. The third-order valence-corrected chi connectivity index (χ3v) is 2.96. The number of carbonyl (C=O) groups is 1. The number of aryl methyl sites for hydroxylation is 2. The molecule has 0 aliphatic carbocycles. The summed E-state index contributed by atoms with van der Waals surface area (Å²) in [6.45, 7) is 1.87. The molecule has 0 spiro atoms. The number of rotatable bonds is 4. The number of imidazole rings is 1. The highest BCUT2D eigenvalue weighted by molar-refractivity contribution is 6.32. The molecule has 0 aliphatic heterocycles. The van der Waals surface area contributed by atoms with Crippen LogP contribution in [0.1, 0.15) is 17.9 Å². The van der Waals surface area contributed by atoms with Gasteiger partial charge in [-0.2, -0.15) is 0 Å². The van der Waals surface area contributed by atoms with E-state index in [9.17, 15) is 4.79 Å². The molecule has 2 rings (SSSR count). The van der Waals surface area contributed by atoms with Gasteiger partial charge in [-0.25, -0.2) is 4.98 Å². The van der Waals surface area contributed by atoms with Gasteiger partial charge in [0.2, 0.25) is 0 Å². The van der Waals surface area contributed by atoms with Crippen molar-refractivity contribution in [3.05, 3.63) is 47.0 Å². The highest BCUT2D eigenvalue weighted by atomic mass is 35.5. The minimum Gasteiger partial charge on any atom is -0.481 e. The lowest BCUT2D eigenvalue weighted by molar-refractivity contribution is -0.136. The van der Waals surface area contributed by atoms with Crippen molar-refractivity contribution < 1.29 is 9.90 Å². The van der Waals surface area contributed by atoms with Crippen LogP contribution >= 0.6 is 11.6 Å². The van der Waals surface area contributed by atoms with Crippen molar-refractivity contribution in [2.45, 2.75) is 19.8 Å². The number of para-hydroxylation sites is 1. The van der Waals surface area contributed by atoms with Crippen molar-refractivity contribution in [1.82, 2.24) is 9.55 Å². The number of hydrogen-bond donors (Lipinski definition) is 1. The molecule has 0 radical (unpaired) electrons. The Morgan fingerprint density at radius 2 is 2.17 bits per heavy atom. The Morgan fingerprint density at radius 3 is 2.83 bits per heavy atom. The molecule has 1 aromatic heterocycles. The molecular formula is C13H13ClN2O2. The van der Waals surface area contributed by atoms with Crippen LogP contribution in [0.5, 0.6) is 0 Å². The summed E-state index contributed by atoms with van der Waals surface area (Å²) in [6.07, 6.45) is 2.34. The first-order valence-electron chi connectivity index (χ1n) is 5.59. The van der Waals surface area contributed by atoms with Crippen LogP contribution in [0.15, 0.2) is 30.5 Å². The number of halogens is 1. The maximum atomic E-state index is 10.5. The number of hydrogen-bond acceptors (Lipinski definition) is 2. The smallest absolute Gasteiger partial charge is 0.303 e. The molecule has 18 heavy (non-hydrogen) atoms. The van der Waals surface area contributed by atoms with E-state index in [1.807, 2.05) is 42.0 Å². The average Bonchev–Trinajstić information content (AvgIpc) is 2.69. The van der Waals surface area contributed by atoms with Gasteiger partial charge in [0.1, 0.15) is 5.82 Å². The SMILES string of the molecule is Cc1nc(CCC(=O)O)cn1-c1ccccc1Cl. The maximum Gasteiger partial charge on any atom is 0.303 e. The fourth-order valence-corrected chi connectivity index (χ4v) is 2.01. The number of aliphatic carboxylic acids is 1. The topological polar surface area (TPSA) is 55.1 Å². The molecule has 0 bridgehead atoms. The normalized spacial score (nSPS) is 10.6. The molecule has 2 aromatic rings. The molecule has 0 fully saturated rings. The van der Waals surface area contributed by atoms with E-state index >= 15 is 0 Å². The zero-order valence-corrected chi connectivity index (χ0v) is 10.7. The predicted molar refractivity (Wildman–Crippen MR) is 69.3 cm³/mol. The molecule has 0 saturated carbocycles. The van der Waals surface area contributed by atoms with Gasteiger partial charge in [-0.1, -0.05) is 23.7 Å². The van der Waals surface area contributed by atoms with Crippen LogP contribution in [0, 0.1) is 6.92 Å². The predicted octanol–water partition coefficient (Wildman–Crippen LogP) is 2.85. The van der Waals surface area contributed by atoms with E-state index in [1.165, 1.54) is 0 Å². The Hall–Kier alpha value is -1.81. The summed E-state index contributed by atoms with van der Waals surface area (Å²) in [5.74, 6) is -0.0246. The van der Waals surface area contributed by atoms with Gasteiger partial charge in [0, 0.05) is 12.6 Å². The fourth-order valence-electron chi connectivity index (χ4n) is 1.78. The molecule has 5 heteroatoms. The Morgan fingerprint density at radius 1 is 1.44 bits per heavy atom. The summed E-state index contributed by atoms with van der Waals surface area (Å²) >= 11 is 6.12. The summed E-state index contributed by atoms with van der Waals surface area (Å²) in [4.78, 5) is 14.9. The largest absolute Gasteiger partial charge is 0.481 e. The van der Waals surface area contributed by atoms with Crippen LogP contribution in [0.4, 0.5) is 0 Å². The lowest BCUT2D eigenvalue weighted by Crippen LogP contribution is -1.97. The van der Waals surface area contributed by atoms with E-state index in [2.05, 4.69) is 4.98 Å². The first-order valence-corrected chi connectivity index (χ1v) is 5.97. The van der Waals surface area contributed by atoms with E-state index in [0.29, 0.717) is 11.4 Å². The molecule has 94 valence electrons. The standard InChI is InChI=1S/C13H13ClN2O2/c1-9-15-10(6-7-13(17)18)8-16(9)12-5-3-2-4-11(12)14/h2-5,8H,6-7H2,1H3,(H,17,18). The van der Waals surface area contributed by atoms with Gasteiger partial charge in [0.25, 0.3) is 0 Å². The average molecular weight is 265 g/mol.